The normalized spacial score (nSPS) is 18.2. The molecule has 4 rings (SSSR count). The molecule has 0 spiro atoms. The molecule has 0 saturated carbocycles. The lowest BCUT2D eigenvalue weighted by atomic mass is 9.87. The molecule has 2 N–H and O–H groups in total. The third kappa shape index (κ3) is 3.15. The highest BCUT2D eigenvalue weighted by molar-refractivity contribution is 6.27. The van der Waals surface area contributed by atoms with Crippen molar-refractivity contribution in [3.63, 3.8) is 0 Å². The van der Waals surface area contributed by atoms with Gasteiger partial charge in [0.05, 0.1) is 14.2 Å². The van der Waals surface area contributed by atoms with Crippen LogP contribution in [0.3, 0.4) is 0 Å². The lowest BCUT2D eigenvalue weighted by Gasteiger charge is -2.40. The number of aromatic nitrogens is 1. The molecule has 30 heavy (non-hydrogen) atoms. The minimum atomic E-state index is -1.09. The van der Waals surface area contributed by atoms with Crippen molar-refractivity contribution < 1.29 is 24.2 Å². The first-order valence-corrected chi connectivity index (χ1v) is 9.95. The van der Waals surface area contributed by atoms with Crippen LogP contribution in [0.4, 0.5) is 0 Å². The zero-order chi connectivity index (χ0) is 21.4. The van der Waals surface area contributed by atoms with Crippen molar-refractivity contribution in [2.24, 2.45) is 0 Å². The number of nitrogens with zero attached hydrogens (tertiary/aromatic N) is 1. The Hall–Kier alpha value is -3.19. The largest absolute Gasteiger partial charge is 0.497 e. The van der Waals surface area contributed by atoms with E-state index in [1.165, 1.54) is 12.0 Å². The zero-order valence-electron chi connectivity index (χ0n) is 16.5. The topological polar surface area (TPSA) is 91.9 Å². The number of rotatable bonds is 5. The van der Waals surface area contributed by atoms with Crippen molar-refractivity contribution in [3.8, 4) is 11.5 Å². The number of carbonyl (C=O) groups is 2. The molecule has 0 unspecified atom stereocenters. The predicted molar refractivity (Wildman–Crippen MR) is 112 cm³/mol. The highest BCUT2D eigenvalue weighted by Gasteiger charge is 2.44. The van der Waals surface area contributed by atoms with Gasteiger partial charge in [0.15, 0.2) is 0 Å². The van der Waals surface area contributed by atoms with Gasteiger partial charge in [-0.25, -0.2) is 4.79 Å². The molecule has 2 heterocycles. The summed E-state index contributed by atoms with van der Waals surface area (Å²) in [5, 5.41) is 10.9. The summed E-state index contributed by atoms with van der Waals surface area (Å²) >= 11 is 5.90. The number of carboxylic acids is 1. The second kappa shape index (κ2) is 7.91. The molecule has 0 saturated heterocycles. The van der Waals surface area contributed by atoms with Crippen LogP contribution >= 0.6 is 11.6 Å². The van der Waals surface area contributed by atoms with E-state index in [1.54, 1.807) is 25.3 Å². The van der Waals surface area contributed by atoms with Crippen LogP contribution in [0.1, 0.15) is 22.9 Å². The summed E-state index contributed by atoms with van der Waals surface area (Å²) in [6.45, 7) is 0. The smallest absolute Gasteiger partial charge is 0.326 e. The third-order valence-corrected chi connectivity index (χ3v) is 5.78. The van der Waals surface area contributed by atoms with E-state index < -0.39 is 24.0 Å². The molecule has 1 aromatic heterocycles. The van der Waals surface area contributed by atoms with Gasteiger partial charge in [0.1, 0.15) is 29.5 Å². The average Bonchev–Trinajstić information content (AvgIpc) is 3.15. The van der Waals surface area contributed by atoms with Crippen molar-refractivity contribution in [2.75, 3.05) is 20.1 Å². The summed E-state index contributed by atoms with van der Waals surface area (Å²) in [6.07, 6.45) is 0.181. The van der Waals surface area contributed by atoms with E-state index in [-0.39, 0.29) is 12.3 Å². The maximum Gasteiger partial charge on any atom is 0.326 e. The number of fused-ring (bicyclic) bond motifs is 3. The Morgan fingerprint density at radius 3 is 2.63 bits per heavy atom. The fourth-order valence-corrected chi connectivity index (χ4v) is 4.37. The molecule has 1 amide bonds. The maximum absolute atomic E-state index is 12.9. The van der Waals surface area contributed by atoms with E-state index in [9.17, 15) is 14.7 Å². The number of amides is 1. The summed E-state index contributed by atoms with van der Waals surface area (Å²) in [5.74, 6) is -0.801. The molecular formula is C22H21ClN2O5. The van der Waals surface area contributed by atoms with Gasteiger partial charge in [0.2, 0.25) is 5.91 Å². The highest BCUT2D eigenvalue weighted by Crippen LogP contribution is 2.44. The van der Waals surface area contributed by atoms with E-state index in [2.05, 4.69) is 4.98 Å². The van der Waals surface area contributed by atoms with Gasteiger partial charge < -0.3 is 24.5 Å². The quantitative estimate of drug-likeness (QED) is 0.608. The Balaban J connectivity index is 2.04. The number of benzene rings is 2. The van der Waals surface area contributed by atoms with Crippen LogP contribution in [0, 0.1) is 0 Å². The van der Waals surface area contributed by atoms with Crippen LogP contribution in [0.25, 0.3) is 10.9 Å². The van der Waals surface area contributed by atoms with Crippen LogP contribution in [0.15, 0.2) is 42.5 Å². The maximum atomic E-state index is 12.9. The van der Waals surface area contributed by atoms with Gasteiger partial charge in [-0.3, -0.25) is 4.79 Å². The molecule has 8 heteroatoms. The van der Waals surface area contributed by atoms with Crippen molar-refractivity contribution in [3.05, 3.63) is 59.3 Å². The number of ether oxygens (including phenoxy) is 2. The number of methoxy groups -OCH3 is 2. The number of para-hydroxylation sites is 1. The first-order valence-electron chi connectivity index (χ1n) is 9.41. The Morgan fingerprint density at radius 1 is 1.20 bits per heavy atom. The number of carbonyl (C=O) groups excluding carboxylic acids is 1. The molecule has 7 nitrogen and oxygen atoms in total. The number of carboxylic acid groups (broad SMARTS) is 1. The molecule has 2 aromatic carbocycles. The summed E-state index contributed by atoms with van der Waals surface area (Å²) in [5.41, 5.74) is 3.11. The van der Waals surface area contributed by atoms with Crippen LogP contribution in [-0.4, -0.2) is 53.0 Å². The van der Waals surface area contributed by atoms with Crippen LogP contribution in [-0.2, 0) is 16.0 Å². The van der Waals surface area contributed by atoms with E-state index in [0.717, 1.165) is 22.2 Å². The van der Waals surface area contributed by atoms with E-state index >= 15 is 0 Å². The lowest BCUT2D eigenvalue weighted by molar-refractivity contribution is -0.151. The molecule has 156 valence electrons. The van der Waals surface area contributed by atoms with Crippen molar-refractivity contribution in [2.45, 2.75) is 18.5 Å². The molecule has 0 aliphatic carbocycles. The van der Waals surface area contributed by atoms with Crippen molar-refractivity contribution in [1.29, 1.82) is 0 Å². The standard InChI is InChI=1S/C22H21ClN2O5/c1-29-12-7-8-18(30-2)15(9-12)21-20-14(13-5-3-4-6-16(13)24-20)10-17(22(27)28)25(21)19(26)11-23/h3-9,17,21,24H,10-11H2,1-2H3,(H,27,28)/t17-,21-/m0/s1. The minimum absolute atomic E-state index is 0.181. The van der Waals surface area contributed by atoms with Crippen molar-refractivity contribution in [1.82, 2.24) is 9.88 Å². The number of hydrogen-bond acceptors (Lipinski definition) is 4. The Bertz CT molecular complexity index is 1130. The summed E-state index contributed by atoms with van der Waals surface area (Å²) in [4.78, 5) is 29.8. The molecule has 0 fully saturated rings. The molecule has 3 aromatic rings. The fourth-order valence-electron chi connectivity index (χ4n) is 4.24. The second-order valence-corrected chi connectivity index (χ2v) is 7.33. The second-order valence-electron chi connectivity index (χ2n) is 7.07. The molecule has 2 atom stereocenters. The van der Waals surface area contributed by atoms with E-state index in [4.69, 9.17) is 21.1 Å². The van der Waals surface area contributed by atoms with E-state index in [0.29, 0.717) is 17.1 Å². The summed E-state index contributed by atoms with van der Waals surface area (Å²) in [6, 6.07) is 11.1. The minimum Gasteiger partial charge on any atom is -0.497 e. The summed E-state index contributed by atoms with van der Waals surface area (Å²) < 4.78 is 10.9. The lowest BCUT2D eigenvalue weighted by Crippen LogP contribution is -2.52. The number of halogens is 1. The van der Waals surface area contributed by atoms with Crippen LogP contribution in [0.5, 0.6) is 11.5 Å². The zero-order valence-corrected chi connectivity index (χ0v) is 17.3. The Labute approximate surface area is 178 Å². The Morgan fingerprint density at radius 2 is 1.97 bits per heavy atom. The molecule has 0 bridgehead atoms. The van der Waals surface area contributed by atoms with Crippen molar-refractivity contribution >= 4 is 34.4 Å². The number of alkyl halides is 1. The predicted octanol–water partition coefficient (Wildman–Crippen LogP) is 3.35. The van der Waals surface area contributed by atoms with Gasteiger partial charge in [0, 0.05) is 28.6 Å². The molecule has 1 aliphatic heterocycles. The van der Waals surface area contributed by atoms with E-state index in [1.807, 2.05) is 24.3 Å². The first-order chi connectivity index (χ1) is 14.5. The van der Waals surface area contributed by atoms with Gasteiger partial charge in [-0.1, -0.05) is 18.2 Å². The monoisotopic (exact) mass is 428 g/mol. The third-order valence-electron chi connectivity index (χ3n) is 5.55. The summed E-state index contributed by atoms with van der Waals surface area (Å²) in [7, 11) is 3.07. The van der Waals surface area contributed by atoms with Gasteiger partial charge in [-0.2, -0.15) is 0 Å². The molecular weight excluding hydrogens is 408 g/mol. The number of aromatic amines is 1. The number of aliphatic carboxylic acids is 1. The first kappa shape index (κ1) is 20.1. The van der Waals surface area contributed by atoms with Gasteiger partial charge >= 0.3 is 5.97 Å². The number of nitrogens with one attached hydrogen (secondary N) is 1. The molecule has 0 radical (unpaired) electrons. The number of hydrogen-bond donors (Lipinski definition) is 2. The molecule has 1 aliphatic rings. The fraction of sp³-hybridized carbons (Fsp3) is 0.273. The highest BCUT2D eigenvalue weighted by atomic mass is 35.5. The van der Waals surface area contributed by atoms with Gasteiger partial charge in [-0.05, 0) is 29.8 Å². The Kier molecular flexibility index (Phi) is 5.30. The van der Waals surface area contributed by atoms with Gasteiger partial charge in [0.25, 0.3) is 0 Å². The number of H-pyrrole nitrogens is 1. The van der Waals surface area contributed by atoms with Crippen LogP contribution in [0.2, 0.25) is 0 Å². The van der Waals surface area contributed by atoms with Crippen LogP contribution < -0.4 is 9.47 Å². The SMILES string of the molecule is COc1ccc(OC)c([C@H]2c3[nH]c4ccccc4c3C[C@@H](C(=O)O)N2C(=O)CCl)c1. The average molecular weight is 429 g/mol. The van der Waals surface area contributed by atoms with Gasteiger partial charge in [-0.15, -0.1) is 11.6 Å².